The summed E-state index contributed by atoms with van der Waals surface area (Å²) in [5, 5.41) is 5.62. The molecule has 2 N–H and O–H groups in total. The van der Waals surface area contributed by atoms with Crippen molar-refractivity contribution < 1.29 is 9.59 Å². The largest absolute Gasteiger partial charge is 0.336 e. The van der Waals surface area contributed by atoms with Crippen LogP contribution in [0.3, 0.4) is 0 Å². The fraction of sp³-hybridized carbons (Fsp3) is 0.263. The first-order valence-corrected chi connectivity index (χ1v) is 8.49. The zero-order valence-corrected chi connectivity index (χ0v) is 13.9. The van der Waals surface area contributed by atoms with Gasteiger partial charge in [0.1, 0.15) is 0 Å². The molecule has 128 valence electrons. The fourth-order valence-corrected chi connectivity index (χ4v) is 3.26. The van der Waals surface area contributed by atoms with Gasteiger partial charge in [-0.05, 0) is 41.8 Å². The number of carbonyl (C=O) groups is 2. The molecule has 0 radical (unpaired) electrons. The second-order valence-corrected chi connectivity index (χ2v) is 6.28. The van der Waals surface area contributed by atoms with Crippen LogP contribution in [0.25, 0.3) is 0 Å². The number of anilines is 2. The molecule has 2 aromatic rings. The van der Waals surface area contributed by atoms with E-state index in [2.05, 4.69) is 34.9 Å². The van der Waals surface area contributed by atoms with Gasteiger partial charge in [0, 0.05) is 37.6 Å². The highest BCUT2D eigenvalue weighted by Crippen LogP contribution is 2.21. The Bertz CT molecular complexity index is 719. The lowest BCUT2D eigenvalue weighted by Crippen LogP contribution is -2.27. The molecule has 4 amide bonds. The highest BCUT2D eigenvalue weighted by molar-refractivity contribution is 5.94. The Morgan fingerprint density at radius 1 is 0.680 bits per heavy atom. The summed E-state index contributed by atoms with van der Waals surface area (Å²) in [4.78, 5) is 26.9. The number of hydrogen-bond donors (Lipinski definition) is 2. The number of rotatable bonds is 4. The van der Waals surface area contributed by atoms with Crippen molar-refractivity contribution in [1.29, 1.82) is 0 Å². The molecule has 4 rings (SSSR count). The molecule has 0 bridgehead atoms. The maximum Gasteiger partial charge on any atom is 0.321 e. The Morgan fingerprint density at radius 2 is 1.08 bits per heavy atom. The maximum absolute atomic E-state index is 11.7. The van der Waals surface area contributed by atoms with Crippen molar-refractivity contribution in [3.8, 4) is 0 Å². The van der Waals surface area contributed by atoms with E-state index in [4.69, 9.17) is 0 Å². The van der Waals surface area contributed by atoms with E-state index >= 15 is 0 Å². The van der Waals surface area contributed by atoms with Crippen LogP contribution in [-0.4, -0.2) is 38.2 Å². The minimum absolute atomic E-state index is 0.0331. The quantitative estimate of drug-likeness (QED) is 0.900. The topological polar surface area (TPSA) is 64.7 Å². The van der Waals surface area contributed by atoms with Crippen molar-refractivity contribution in [3.05, 3.63) is 59.7 Å². The molecule has 25 heavy (non-hydrogen) atoms. The zero-order valence-electron chi connectivity index (χ0n) is 13.9. The lowest BCUT2D eigenvalue weighted by atomic mass is 10.0. The van der Waals surface area contributed by atoms with E-state index in [1.165, 1.54) is 11.1 Å². The van der Waals surface area contributed by atoms with Crippen molar-refractivity contribution in [2.75, 3.05) is 36.0 Å². The number of nitrogens with zero attached hydrogens (tertiary/aromatic N) is 2. The van der Waals surface area contributed by atoms with Crippen LogP contribution >= 0.6 is 0 Å². The minimum Gasteiger partial charge on any atom is -0.336 e. The van der Waals surface area contributed by atoms with E-state index in [0.717, 1.165) is 17.8 Å². The second kappa shape index (κ2) is 6.47. The van der Waals surface area contributed by atoms with Gasteiger partial charge < -0.3 is 10.6 Å². The minimum atomic E-state index is -0.0331. The first kappa shape index (κ1) is 15.5. The lowest BCUT2D eigenvalue weighted by Gasteiger charge is -2.15. The Hall–Kier alpha value is -3.02. The summed E-state index contributed by atoms with van der Waals surface area (Å²) >= 11 is 0. The van der Waals surface area contributed by atoms with Gasteiger partial charge in [0.2, 0.25) is 0 Å². The highest BCUT2D eigenvalue weighted by Gasteiger charge is 2.21. The number of urea groups is 2. The number of hydrogen-bond acceptors (Lipinski definition) is 2. The van der Waals surface area contributed by atoms with Gasteiger partial charge in [0.05, 0.1) is 0 Å². The van der Waals surface area contributed by atoms with Gasteiger partial charge in [-0.15, -0.1) is 0 Å². The molecular formula is C19H20N4O2. The molecule has 2 aliphatic rings. The van der Waals surface area contributed by atoms with Crippen LogP contribution < -0.4 is 20.4 Å². The van der Waals surface area contributed by atoms with Crippen LogP contribution in [0.4, 0.5) is 21.0 Å². The number of benzene rings is 2. The lowest BCUT2D eigenvalue weighted by molar-refractivity contribution is 0.251. The molecule has 6 heteroatoms. The molecule has 2 heterocycles. The smallest absolute Gasteiger partial charge is 0.321 e. The Morgan fingerprint density at radius 3 is 1.40 bits per heavy atom. The van der Waals surface area contributed by atoms with Gasteiger partial charge in [0.25, 0.3) is 0 Å². The van der Waals surface area contributed by atoms with Gasteiger partial charge in [-0.1, -0.05) is 24.3 Å². The first-order chi connectivity index (χ1) is 12.2. The van der Waals surface area contributed by atoms with Crippen LogP contribution in [0, 0.1) is 0 Å². The van der Waals surface area contributed by atoms with Gasteiger partial charge in [0.15, 0.2) is 0 Å². The van der Waals surface area contributed by atoms with E-state index in [-0.39, 0.29) is 12.1 Å². The zero-order chi connectivity index (χ0) is 17.2. The van der Waals surface area contributed by atoms with Crippen molar-refractivity contribution in [2.24, 2.45) is 0 Å². The molecule has 6 nitrogen and oxygen atoms in total. The van der Waals surface area contributed by atoms with Crippen molar-refractivity contribution in [1.82, 2.24) is 10.6 Å². The van der Waals surface area contributed by atoms with Crippen molar-refractivity contribution in [2.45, 2.75) is 6.42 Å². The second-order valence-electron chi connectivity index (χ2n) is 6.28. The predicted molar refractivity (Wildman–Crippen MR) is 97.2 cm³/mol. The number of amides is 4. The van der Waals surface area contributed by atoms with E-state index in [1.54, 1.807) is 9.80 Å². The van der Waals surface area contributed by atoms with Gasteiger partial charge in [-0.25, -0.2) is 9.59 Å². The fourth-order valence-electron chi connectivity index (χ4n) is 3.26. The average Bonchev–Trinajstić information content (AvgIpc) is 3.25. The summed E-state index contributed by atoms with van der Waals surface area (Å²) in [7, 11) is 0. The van der Waals surface area contributed by atoms with Gasteiger partial charge >= 0.3 is 12.1 Å². The number of carbonyl (C=O) groups excluding carboxylic acids is 2. The standard InChI is InChI=1S/C19H20N4O2/c24-18-20-9-11-22(18)16-5-1-14(2-6-16)13-15-3-7-17(8-4-15)23-12-10-21-19(23)25/h1-8H,9-13H2,(H,20,24)(H,21,25). The molecule has 0 spiro atoms. The molecule has 2 saturated heterocycles. The Kier molecular flexibility index (Phi) is 4.01. The Balaban J connectivity index is 1.43. The van der Waals surface area contributed by atoms with Crippen LogP contribution in [0.2, 0.25) is 0 Å². The van der Waals surface area contributed by atoms with Crippen LogP contribution in [0.5, 0.6) is 0 Å². The Labute approximate surface area is 146 Å². The predicted octanol–water partition coefficient (Wildman–Crippen LogP) is 2.34. The van der Waals surface area contributed by atoms with E-state index in [9.17, 15) is 9.59 Å². The third kappa shape index (κ3) is 3.15. The van der Waals surface area contributed by atoms with Crippen molar-refractivity contribution >= 4 is 23.4 Å². The van der Waals surface area contributed by atoms with Gasteiger partial charge in [-0.3, -0.25) is 9.80 Å². The molecular weight excluding hydrogens is 316 g/mol. The molecule has 2 aromatic carbocycles. The summed E-state index contributed by atoms with van der Waals surface area (Å²) in [6.45, 7) is 2.82. The summed E-state index contributed by atoms with van der Waals surface area (Å²) < 4.78 is 0. The third-order valence-electron chi connectivity index (χ3n) is 4.62. The molecule has 2 fully saturated rings. The normalized spacial score (nSPS) is 17.0. The third-order valence-corrected chi connectivity index (χ3v) is 4.62. The van der Waals surface area contributed by atoms with E-state index in [1.807, 2.05) is 24.3 Å². The summed E-state index contributed by atoms with van der Waals surface area (Å²) in [5.74, 6) is 0. The molecule has 0 saturated carbocycles. The van der Waals surface area contributed by atoms with Crippen LogP contribution in [0.1, 0.15) is 11.1 Å². The molecule has 0 aromatic heterocycles. The molecule has 0 unspecified atom stereocenters. The molecule has 0 atom stereocenters. The summed E-state index contributed by atoms with van der Waals surface area (Å²) in [6.07, 6.45) is 0.818. The molecule has 2 aliphatic heterocycles. The van der Waals surface area contributed by atoms with Crippen molar-refractivity contribution in [3.63, 3.8) is 0 Å². The SMILES string of the molecule is O=C1NCCN1c1ccc(Cc2ccc(N3CCNC3=O)cc2)cc1. The van der Waals surface area contributed by atoms with E-state index in [0.29, 0.717) is 26.2 Å². The van der Waals surface area contributed by atoms with Crippen LogP contribution in [-0.2, 0) is 6.42 Å². The van der Waals surface area contributed by atoms with Crippen LogP contribution in [0.15, 0.2) is 48.5 Å². The first-order valence-electron chi connectivity index (χ1n) is 8.49. The monoisotopic (exact) mass is 336 g/mol. The highest BCUT2D eigenvalue weighted by atomic mass is 16.2. The number of nitrogens with one attached hydrogen (secondary N) is 2. The summed E-state index contributed by atoms with van der Waals surface area (Å²) in [6, 6.07) is 16.1. The average molecular weight is 336 g/mol. The summed E-state index contributed by atoms with van der Waals surface area (Å²) in [5.41, 5.74) is 4.23. The molecule has 0 aliphatic carbocycles. The maximum atomic E-state index is 11.7. The van der Waals surface area contributed by atoms with E-state index < -0.39 is 0 Å². The van der Waals surface area contributed by atoms with Gasteiger partial charge in [-0.2, -0.15) is 0 Å².